The van der Waals surface area contributed by atoms with Gasteiger partial charge < -0.3 is 15.2 Å². The molecule has 14 heavy (non-hydrogen) atoms. The highest BCUT2D eigenvalue weighted by molar-refractivity contribution is 6.41. The number of ether oxygens (including phenoxy) is 2. The standard InChI is InChI=1S/C8H12N2O4/c1-10-6(8(12)14-3)4-5(9)7(11)13-2/h4H,9H2,1-3H3. The third kappa shape index (κ3) is 3.26. The van der Waals surface area contributed by atoms with E-state index in [9.17, 15) is 9.59 Å². The normalized spacial score (nSPS) is 12.2. The second kappa shape index (κ2) is 5.74. The average molecular weight is 200 g/mol. The molecule has 0 aliphatic rings. The summed E-state index contributed by atoms with van der Waals surface area (Å²) in [6, 6.07) is 0. The van der Waals surface area contributed by atoms with E-state index in [2.05, 4.69) is 14.5 Å². The Balaban J connectivity index is 4.77. The molecule has 6 nitrogen and oxygen atoms in total. The molecular weight excluding hydrogens is 188 g/mol. The van der Waals surface area contributed by atoms with Crippen molar-refractivity contribution in [3.05, 3.63) is 11.8 Å². The number of aliphatic imine (C=N–C) groups is 1. The summed E-state index contributed by atoms with van der Waals surface area (Å²) in [6.45, 7) is 0. The van der Waals surface area contributed by atoms with Crippen molar-refractivity contribution < 1.29 is 19.1 Å². The molecule has 2 N–H and O–H groups in total. The van der Waals surface area contributed by atoms with Crippen molar-refractivity contribution in [1.82, 2.24) is 0 Å². The van der Waals surface area contributed by atoms with Crippen LogP contribution in [-0.4, -0.2) is 38.9 Å². The Kier molecular flexibility index (Phi) is 4.98. The van der Waals surface area contributed by atoms with Crippen LogP contribution < -0.4 is 5.73 Å². The van der Waals surface area contributed by atoms with Gasteiger partial charge in [0.15, 0.2) is 0 Å². The Bertz CT molecular complexity index is 294. The van der Waals surface area contributed by atoms with Crippen LogP contribution in [0.5, 0.6) is 0 Å². The number of nitrogens with two attached hydrogens (primary N) is 1. The molecule has 0 spiro atoms. The van der Waals surface area contributed by atoms with Crippen LogP contribution in [-0.2, 0) is 19.1 Å². The topological polar surface area (TPSA) is 91.0 Å². The highest BCUT2D eigenvalue weighted by Crippen LogP contribution is 1.92. The average Bonchev–Trinajstić information content (AvgIpc) is 2.22. The van der Waals surface area contributed by atoms with Gasteiger partial charge in [-0.15, -0.1) is 0 Å². The van der Waals surface area contributed by atoms with Crippen molar-refractivity contribution in [3.63, 3.8) is 0 Å². The molecule has 78 valence electrons. The summed E-state index contributed by atoms with van der Waals surface area (Å²) in [6.07, 6.45) is 1.09. The zero-order valence-corrected chi connectivity index (χ0v) is 8.23. The fourth-order valence-electron chi connectivity index (χ4n) is 0.643. The minimum atomic E-state index is -0.727. The Hall–Kier alpha value is -1.85. The molecule has 0 unspecified atom stereocenters. The van der Waals surface area contributed by atoms with Gasteiger partial charge in [0.2, 0.25) is 0 Å². The van der Waals surface area contributed by atoms with Gasteiger partial charge >= 0.3 is 11.9 Å². The van der Waals surface area contributed by atoms with Gasteiger partial charge in [0.1, 0.15) is 11.4 Å². The number of carbonyl (C=O) groups excluding carboxylic acids is 2. The molecule has 0 aliphatic heterocycles. The predicted octanol–water partition coefficient (Wildman–Crippen LogP) is -0.754. The number of methoxy groups -OCH3 is 2. The molecule has 0 fully saturated rings. The van der Waals surface area contributed by atoms with Gasteiger partial charge in [-0.25, -0.2) is 9.59 Å². The first-order chi connectivity index (χ1) is 6.56. The number of hydrogen-bond donors (Lipinski definition) is 1. The van der Waals surface area contributed by atoms with Crippen molar-refractivity contribution in [3.8, 4) is 0 Å². The first-order valence-corrected chi connectivity index (χ1v) is 3.67. The molecule has 0 saturated carbocycles. The fraction of sp³-hybridized carbons (Fsp3) is 0.375. The van der Waals surface area contributed by atoms with Crippen molar-refractivity contribution in [2.45, 2.75) is 0 Å². The lowest BCUT2D eigenvalue weighted by Gasteiger charge is -2.00. The monoisotopic (exact) mass is 200 g/mol. The van der Waals surface area contributed by atoms with Crippen LogP contribution >= 0.6 is 0 Å². The quantitative estimate of drug-likeness (QED) is 0.367. The minimum Gasteiger partial charge on any atom is -0.464 e. The summed E-state index contributed by atoms with van der Waals surface area (Å²) in [4.78, 5) is 25.4. The van der Waals surface area contributed by atoms with Gasteiger partial charge in [-0.1, -0.05) is 0 Å². The molecule has 6 heteroatoms. The lowest BCUT2D eigenvalue weighted by atomic mass is 10.3. The van der Waals surface area contributed by atoms with Crippen LogP contribution in [0, 0.1) is 0 Å². The van der Waals surface area contributed by atoms with E-state index in [1.165, 1.54) is 21.3 Å². The summed E-state index contributed by atoms with van der Waals surface area (Å²) in [5.41, 5.74) is 5.04. The molecule has 0 heterocycles. The van der Waals surface area contributed by atoms with Gasteiger partial charge in [0.25, 0.3) is 0 Å². The number of hydrogen-bond acceptors (Lipinski definition) is 6. The van der Waals surface area contributed by atoms with E-state index in [1.54, 1.807) is 0 Å². The zero-order valence-electron chi connectivity index (χ0n) is 8.23. The number of nitrogens with zero attached hydrogens (tertiary/aromatic N) is 1. The van der Waals surface area contributed by atoms with Gasteiger partial charge in [-0.3, -0.25) is 4.99 Å². The second-order valence-corrected chi connectivity index (χ2v) is 2.19. The van der Waals surface area contributed by atoms with Gasteiger partial charge in [0.05, 0.1) is 14.2 Å². The largest absolute Gasteiger partial charge is 0.464 e. The molecule has 0 amide bonds. The van der Waals surface area contributed by atoms with Crippen LogP contribution in [0.25, 0.3) is 0 Å². The lowest BCUT2D eigenvalue weighted by molar-refractivity contribution is -0.136. The number of carbonyl (C=O) groups is 2. The van der Waals surface area contributed by atoms with Gasteiger partial charge in [0, 0.05) is 13.1 Å². The van der Waals surface area contributed by atoms with Crippen molar-refractivity contribution in [2.75, 3.05) is 21.3 Å². The summed E-state index contributed by atoms with van der Waals surface area (Å²) < 4.78 is 8.73. The first-order valence-electron chi connectivity index (χ1n) is 3.67. The number of rotatable bonds is 3. The van der Waals surface area contributed by atoms with E-state index in [0.29, 0.717) is 0 Å². The van der Waals surface area contributed by atoms with E-state index in [4.69, 9.17) is 5.73 Å². The second-order valence-electron chi connectivity index (χ2n) is 2.19. The van der Waals surface area contributed by atoms with Crippen LogP contribution in [0.4, 0.5) is 0 Å². The van der Waals surface area contributed by atoms with Crippen LogP contribution in [0.1, 0.15) is 0 Å². The highest BCUT2D eigenvalue weighted by Gasteiger charge is 2.11. The molecule has 0 atom stereocenters. The maximum atomic E-state index is 11.0. The maximum Gasteiger partial charge on any atom is 0.356 e. The first kappa shape index (κ1) is 12.2. The summed E-state index contributed by atoms with van der Waals surface area (Å²) in [5, 5.41) is 0. The fourth-order valence-corrected chi connectivity index (χ4v) is 0.643. The van der Waals surface area contributed by atoms with Crippen LogP contribution in [0.2, 0.25) is 0 Å². The number of esters is 2. The lowest BCUT2D eigenvalue weighted by Crippen LogP contribution is -2.19. The highest BCUT2D eigenvalue weighted by atomic mass is 16.5. The van der Waals surface area contributed by atoms with Crippen LogP contribution in [0.15, 0.2) is 16.8 Å². The van der Waals surface area contributed by atoms with E-state index >= 15 is 0 Å². The molecule has 0 aromatic rings. The summed E-state index contributed by atoms with van der Waals surface area (Å²) >= 11 is 0. The van der Waals surface area contributed by atoms with E-state index in [0.717, 1.165) is 6.08 Å². The molecule has 0 rings (SSSR count). The Morgan fingerprint density at radius 2 is 1.71 bits per heavy atom. The molecule has 0 saturated heterocycles. The Labute approximate surface area is 81.4 Å². The molecule has 0 aromatic heterocycles. The Morgan fingerprint density at radius 3 is 2.07 bits per heavy atom. The van der Waals surface area contributed by atoms with E-state index < -0.39 is 11.9 Å². The van der Waals surface area contributed by atoms with Crippen molar-refractivity contribution >= 4 is 17.7 Å². The van der Waals surface area contributed by atoms with Crippen molar-refractivity contribution in [1.29, 1.82) is 0 Å². The summed E-state index contributed by atoms with van der Waals surface area (Å²) in [5.74, 6) is -1.39. The van der Waals surface area contributed by atoms with Gasteiger partial charge in [-0.05, 0) is 0 Å². The third-order valence-electron chi connectivity index (χ3n) is 1.35. The zero-order chi connectivity index (χ0) is 11.1. The SMILES string of the molecule is CN=C(C=C(N)C(=O)OC)C(=O)OC. The Morgan fingerprint density at radius 1 is 1.21 bits per heavy atom. The molecule has 0 bridgehead atoms. The molecule has 0 radical (unpaired) electrons. The third-order valence-corrected chi connectivity index (χ3v) is 1.35. The molecule has 0 aliphatic carbocycles. The van der Waals surface area contributed by atoms with Crippen LogP contribution in [0.3, 0.4) is 0 Å². The predicted molar refractivity (Wildman–Crippen MR) is 49.7 cm³/mol. The van der Waals surface area contributed by atoms with Gasteiger partial charge in [-0.2, -0.15) is 0 Å². The maximum absolute atomic E-state index is 11.0. The van der Waals surface area contributed by atoms with E-state index in [-0.39, 0.29) is 11.4 Å². The summed E-state index contributed by atoms with van der Waals surface area (Å²) in [7, 11) is 3.77. The van der Waals surface area contributed by atoms with E-state index in [1.807, 2.05) is 0 Å². The minimum absolute atomic E-state index is 0.0459. The van der Waals surface area contributed by atoms with Crippen molar-refractivity contribution in [2.24, 2.45) is 10.7 Å². The smallest absolute Gasteiger partial charge is 0.356 e. The molecule has 0 aromatic carbocycles. The molecular formula is C8H12N2O4.